The molecule has 0 bridgehead atoms. The van der Waals surface area contributed by atoms with Crippen molar-refractivity contribution >= 4 is 34.7 Å². The summed E-state index contributed by atoms with van der Waals surface area (Å²) in [7, 11) is 0. The first kappa shape index (κ1) is 16.0. The molecule has 1 amide bonds. The van der Waals surface area contributed by atoms with Gasteiger partial charge in [0.1, 0.15) is 0 Å². The van der Waals surface area contributed by atoms with Crippen LogP contribution in [-0.2, 0) is 4.79 Å². The highest BCUT2D eigenvalue weighted by molar-refractivity contribution is 7.99. The van der Waals surface area contributed by atoms with Crippen LogP contribution in [0.3, 0.4) is 0 Å². The number of para-hydroxylation sites is 2. The molecule has 0 atom stereocenters. The fourth-order valence-electron chi connectivity index (χ4n) is 3.05. The molecule has 1 saturated heterocycles. The molecule has 1 N–H and O–H groups in total. The first-order valence-corrected chi connectivity index (χ1v) is 9.36. The Morgan fingerprint density at radius 2 is 1.88 bits per heavy atom. The molecular formula is C18H19N5OS. The van der Waals surface area contributed by atoms with Gasteiger partial charge in [-0.15, -0.1) is 10.2 Å². The fraction of sp³-hybridized carbons (Fsp3) is 0.278. The summed E-state index contributed by atoms with van der Waals surface area (Å²) >= 11 is 1.39. The Hall–Kier alpha value is -2.54. The van der Waals surface area contributed by atoms with Gasteiger partial charge in [0, 0.05) is 19.3 Å². The maximum absolute atomic E-state index is 12.4. The van der Waals surface area contributed by atoms with E-state index < -0.39 is 0 Å². The predicted molar refractivity (Wildman–Crippen MR) is 100 cm³/mol. The lowest BCUT2D eigenvalue weighted by Crippen LogP contribution is -2.21. The van der Waals surface area contributed by atoms with Gasteiger partial charge in [-0.3, -0.25) is 9.20 Å². The zero-order valence-corrected chi connectivity index (χ0v) is 14.6. The lowest BCUT2D eigenvalue weighted by molar-refractivity contribution is -0.113. The van der Waals surface area contributed by atoms with Crippen molar-refractivity contribution in [2.24, 2.45) is 0 Å². The Labute approximate surface area is 150 Å². The Balaban J connectivity index is 1.43. The van der Waals surface area contributed by atoms with Crippen molar-refractivity contribution in [2.75, 3.05) is 29.1 Å². The number of anilines is 2. The van der Waals surface area contributed by atoms with Gasteiger partial charge in [-0.05, 0) is 37.1 Å². The summed E-state index contributed by atoms with van der Waals surface area (Å²) in [6, 6.07) is 13.7. The minimum Gasteiger partial charge on any atom is -0.370 e. The number of carbonyl (C=O) groups is 1. The summed E-state index contributed by atoms with van der Waals surface area (Å²) in [6.07, 6.45) is 4.31. The topological polar surface area (TPSA) is 62.5 Å². The van der Waals surface area contributed by atoms with E-state index in [0.717, 1.165) is 35.3 Å². The smallest absolute Gasteiger partial charge is 0.234 e. The van der Waals surface area contributed by atoms with Crippen LogP contribution in [0.4, 0.5) is 11.4 Å². The summed E-state index contributed by atoms with van der Waals surface area (Å²) < 4.78 is 1.89. The van der Waals surface area contributed by atoms with Gasteiger partial charge >= 0.3 is 0 Å². The van der Waals surface area contributed by atoms with Crippen LogP contribution in [0.2, 0.25) is 0 Å². The summed E-state index contributed by atoms with van der Waals surface area (Å²) in [4.78, 5) is 14.7. The van der Waals surface area contributed by atoms with Gasteiger partial charge in [-0.25, -0.2) is 0 Å². The first-order valence-electron chi connectivity index (χ1n) is 8.38. The van der Waals surface area contributed by atoms with Crippen molar-refractivity contribution < 1.29 is 4.79 Å². The lowest BCUT2D eigenvalue weighted by Gasteiger charge is -2.21. The number of nitrogens with zero attached hydrogens (tertiary/aromatic N) is 4. The standard InChI is InChI=1S/C18H19N5OS/c24-17(13-25-18-21-20-16-9-3-4-12-23(16)18)19-14-7-1-2-8-15(14)22-10-5-6-11-22/h1-4,7-9,12H,5-6,10-11,13H2,(H,19,24). The number of fused-ring (bicyclic) bond motifs is 1. The normalized spacial score (nSPS) is 14.2. The SMILES string of the molecule is O=C(CSc1nnc2ccccn12)Nc1ccccc1N1CCCC1. The number of rotatable bonds is 5. The van der Waals surface area contributed by atoms with Gasteiger partial charge in [0.05, 0.1) is 17.1 Å². The molecule has 0 unspecified atom stereocenters. The second-order valence-corrected chi connectivity index (χ2v) is 6.90. The molecule has 1 aliphatic heterocycles. The van der Waals surface area contributed by atoms with E-state index in [1.54, 1.807) is 0 Å². The second-order valence-electron chi connectivity index (χ2n) is 5.96. The zero-order chi connectivity index (χ0) is 17.1. The van der Waals surface area contributed by atoms with Gasteiger partial charge in [-0.2, -0.15) is 0 Å². The van der Waals surface area contributed by atoms with Crippen LogP contribution in [0, 0.1) is 0 Å². The molecule has 3 aromatic rings. The van der Waals surface area contributed by atoms with Crippen LogP contribution >= 0.6 is 11.8 Å². The summed E-state index contributed by atoms with van der Waals surface area (Å²) in [5, 5.41) is 12.0. The lowest BCUT2D eigenvalue weighted by atomic mass is 10.2. The number of amides is 1. The third-order valence-electron chi connectivity index (χ3n) is 4.24. The monoisotopic (exact) mass is 353 g/mol. The van der Waals surface area contributed by atoms with E-state index in [1.165, 1.54) is 24.6 Å². The molecule has 0 radical (unpaired) electrons. The largest absolute Gasteiger partial charge is 0.370 e. The molecule has 7 heteroatoms. The van der Waals surface area contributed by atoms with Crippen LogP contribution in [0.25, 0.3) is 5.65 Å². The molecule has 0 spiro atoms. The predicted octanol–water partition coefficient (Wildman–Crippen LogP) is 3.06. The maximum atomic E-state index is 12.4. The number of aromatic nitrogens is 3. The Morgan fingerprint density at radius 3 is 2.76 bits per heavy atom. The number of hydrogen-bond donors (Lipinski definition) is 1. The van der Waals surface area contributed by atoms with Gasteiger partial charge in [-0.1, -0.05) is 30.0 Å². The van der Waals surface area contributed by atoms with E-state index in [2.05, 4.69) is 26.5 Å². The second kappa shape index (κ2) is 7.14. The van der Waals surface area contributed by atoms with Gasteiger partial charge in [0.15, 0.2) is 10.8 Å². The maximum Gasteiger partial charge on any atom is 0.234 e. The average Bonchev–Trinajstić information content (AvgIpc) is 3.30. The number of thioether (sulfide) groups is 1. The number of carbonyl (C=O) groups excluding carboxylic acids is 1. The number of nitrogens with one attached hydrogen (secondary N) is 1. The molecule has 128 valence electrons. The zero-order valence-electron chi connectivity index (χ0n) is 13.8. The van der Waals surface area contributed by atoms with Crippen molar-refractivity contribution in [3.8, 4) is 0 Å². The number of benzene rings is 1. The molecule has 3 heterocycles. The van der Waals surface area contributed by atoms with Crippen molar-refractivity contribution in [1.82, 2.24) is 14.6 Å². The molecule has 2 aromatic heterocycles. The molecular weight excluding hydrogens is 334 g/mol. The van der Waals surface area contributed by atoms with E-state index >= 15 is 0 Å². The van der Waals surface area contributed by atoms with Crippen LogP contribution in [0.15, 0.2) is 53.8 Å². The third-order valence-corrected chi connectivity index (χ3v) is 5.18. The van der Waals surface area contributed by atoms with Crippen LogP contribution < -0.4 is 10.2 Å². The van der Waals surface area contributed by atoms with E-state index in [0.29, 0.717) is 5.75 Å². The molecule has 0 saturated carbocycles. The average molecular weight is 353 g/mol. The van der Waals surface area contributed by atoms with Crippen LogP contribution in [0.1, 0.15) is 12.8 Å². The molecule has 4 rings (SSSR count). The van der Waals surface area contributed by atoms with Crippen molar-refractivity contribution in [3.05, 3.63) is 48.7 Å². The summed E-state index contributed by atoms with van der Waals surface area (Å²) in [5.41, 5.74) is 2.76. The molecule has 1 aromatic carbocycles. The van der Waals surface area contributed by atoms with E-state index in [4.69, 9.17) is 0 Å². The van der Waals surface area contributed by atoms with E-state index in [1.807, 2.05) is 47.0 Å². The first-order chi connectivity index (χ1) is 12.3. The summed E-state index contributed by atoms with van der Waals surface area (Å²) in [6.45, 7) is 2.10. The molecule has 25 heavy (non-hydrogen) atoms. The third kappa shape index (κ3) is 3.46. The van der Waals surface area contributed by atoms with E-state index in [-0.39, 0.29) is 5.91 Å². The van der Waals surface area contributed by atoms with Crippen molar-refractivity contribution in [1.29, 1.82) is 0 Å². The molecule has 1 aliphatic rings. The highest BCUT2D eigenvalue weighted by atomic mass is 32.2. The van der Waals surface area contributed by atoms with Crippen LogP contribution in [-0.4, -0.2) is 39.3 Å². The summed E-state index contributed by atoms with van der Waals surface area (Å²) in [5.74, 6) is 0.258. The Kier molecular flexibility index (Phi) is 4.56. The van der Waals surface area contributed by atoms with Gasteiger partial charge < -0.3 is 10.2 Å². The fourth-order valence-corrected chi connectivity index (χ4v) is 3.77. The van der Waals surface area contributed by atoms with Crippen LogP contribution in [0.5, 0.6) is 0 Å². The minimum absolute atomic E-state index is 0.0377. The Bertz CT molecular complexity index is 888. The van der Waals surface area contributed by atoms with Gasteiger partial charge in [0.25, 0.3) is 0 Å². The Morgan fingerprint density at radius 1 is 1.08 bits per heavy atom. The highest BCUT2D eigenvalue weighted by Crippen LogP contribution is 2.29. The molecule has 6 nitrogen and oxygen atoms in total. The minimum atomic E-state index is -0.0377. The quantitative estimate of drug-likeness (QED) is 0.714. The van der Waals surface area contributed by atoms with Crippen molar-refractivity contribution in [3.63, 3.8) is 0 Å². The van der Waals surface area contributed by atoms with Crippen molar-refractivity contribution in [2.45, 2.75) is 18.0 Å². The number of hydrogen-bond acceptors (Lipinski definition) is 5. The molecule has 0 aliphatic carbocycles. The van der Waals surface area contributed by atoms with Gasteiger partial charge in [0.2, 0.25) is 5.91 Å². The molecule has 1 fully saturated rings. The van der Waals surface area contributed by atoms with E-state index in [9.17, 15) is 4.79 Å². The number of pyridine rings is 1. The highest BCUT2D eigenvalue weighted by Gasteiger charge is 2.17.